The van der Waals surface area contributed by atoms with Gasteiger partial charge in [0.15, 0.2) is 0 Å². The summed E-state index contributed by atoms with van der Waals surface area (Å²) < 4.78 is 7.58. The summed E-state index contributed by atoms with van der Waals surface area (Å²) in [5.41, 5.74) is 3.13. The number of hydrogen-bond donors (Lipinski definition) is 1. The maximum Gasteiger partial charge on any atom is 0.131 e. The summed E-state index contributed by atoms with van der Waals surface area (Å²) in [7, 11) is 2.08. The second-order valence-electron chi connectivity index (χ2n) is 7.50. The molecule has 1 N–H and O–H groups in total. The molecular weight excluding hydrogens is 290 g/mol. The van der Waals surface area contributed by atoms with Gasteiger partial charge in [0.1, 0.15) is 5.82 Å². The molecule has 3 fully saturated rings. The van der Waals surface area contributed by atoms with E-state index in [1.54, 1.807) is 0 Å². The van der Waals surface area contributed by atoms with Gasteiger partial charge in [-0.2, -0.15) is 5.10 Å². The van der Waals surface area contributed by atoms with E-state index in [0.29, 0.717) is 5.41 Å². The van der Waals surface area contributed by atoms with Crippen molar-refractivity contribution in [1.29, 1.82) is 0 Å². The van der Waals surface area contributed by atoms with E-state index in [2.05, 4.69) is 33.8 Å². The van der Waals surface area contributed by atoms with Gasteiger partial charge < -0.3 is 15.0 Å². The lowest BCUT2D eigenvalue weighted by atomic mass is 9.86. The third kappa shape index (κ3) is 2.88. The van der Waals surface area contributed by atoms with Crippen LogP contribution in [0.5, 0.6) is 0 Å². The Bertz CT molecular complexity index is 558. The van der Waals surface area contributed by atoms with Crippen LogP contribution < -0.4 is 10.2 Å². The molecule has 1 atom stereocenters. The zero-order valence-corrected chi connectivity index (χ0v) is 14.5. The van der Waals surface area contributed by atoms with Crippen molar-refractivity contribution >= 4 is 5.82 Å². The van der Waals surface area contributed by atoms with Crippen LogP contribution in [0.4, 0.5) is 5.82 Å². The molecule has 128 valence electrons. The lowest BCUT2D eigenvalue weighted by Gasteiger charge is -2.30. The number of aromatic nitrogens is 2. The lowest BCUT2D eigenvalue weighted by molar-refractivity contribution is 0.122. The third-order valence-electron chi connectivity index (χ3n) is 5.86. The van der Waals surface area contributed by atoms with Crippen LogP contribution in [0.15, 0.2) is 0 Å². The first-order valence-corrected chi connectivity index (χ1v) is 8.95. The van der Waals surface area contributed by atoms with Gasteiger partial charge in [0.2, 0.25) is 0 Å². The van der Waals surface area contributed by atoms with E-state index in [-0.39, 0.29) is 0 Å². The molecule has 1 unspecified atom stereocenters. The minimum absolute atomic E-state index is 0.537. The number of likely N-dealkylation sites (tertiary alicyclic amines) is 1. The van der Waals surface area contributed by atoms with Gasteiger partial charge in [0.05, 0.1) is 18.9 Å². The molecule has 0 saturated carbocycles. The van der Waals surface area contributed by atoms with Crippen LogP contribution >= 0.6 is 0 Å². The summed E-state index contributed by atoms with van der Waals surface area (Å²) in [6.45, 7) is 11.6. The van der Waals surface area contributed by atoms with Crippen LogP contribution in [-0.4, -0.2) is 67.2 Å². The van der Waals surface area contributed by atoms with E-state index >= 15 is 0 Å². The highest BCUT2D eigenvalue weighted by Gasteiger charge is 2.40. The highest BCUT2D eigenvalue weighted by Crippen LogP contribution is 2.37. The topological polar surface area (TPSA) is 45.6 Å². The molecule has 3 aliphatic heterocycles. The SMILES string of the molecule is Cc1nn(C)c(N2CCOCC2)c1CN1CCC2(CCNC2)C1. The Kier molecular flexibility index (Phi) is 4.07. The molecule has 6 heteroatoms. The summed E-state index contributed by atoms with van der Waals surface area (Å²) >= 11 is 0. The highest BCUT2D eigenvalue weighted by atomic mass is 16.5. The Hall–Kier alpha value is -1.11. The number of nitrogens with one attached hydrogen (secondary N) is 1. The van der Waals surface area contributed by atoms with Crippen molar-refractivity contribution in [2.24, 2.45) is 12.5 Å². The van der Waals surface area contributed by atoms with Crippen LogP contribution in [0.2, 0.25) is 0 Å². The molecular formula is C17H29N5O. The average molecular weight is 319 g/mol. The van der Waals surface area contributed by atoms with Crippen LogP contribution in [0.3, 0.4) is 0 Å². The second kappa shape index (κ2) is 6.07. The molecule has 1 aromatic heterocycles. The molecule has 23 heavy (non-hydrogen) atoms. The largest absolute Gasteiger partial charge is 0.378 e. The van der Waals surface area contributed by atoms with E-state index in [1.807, 2.05) is 0 Å². The van der Waals surface area contributed by atoms with Crippen molar-refractivity contribution < 1.29 is 4.74 Å². The number of morpholine rings is 1. The lowest BCUT2D eigenvalue weighted by Crippen LogP contribution is -2.38. The first kappa shape index (κ1) is 15.4. The highest BCUT2D eigenvalue weighted by molar-refractivity contribution is 5.50. The zero-order chi connectivity index (χ0) is 15.9. The molecule has 0 aliphatic carbocycles. The van der Waals surface area contributed by atoms with E-state index < -0.39 is 0 Å². The number of rotatable bonds is 3. The minimum atomic E-state index is 0.537. The second-order valence-corrected chi connectivity index (χ2v) is 7.50. The Morgan fingerprint density at radius 3 is 2.78 bits per heavy atom. The normalized spacial score (nSPS) is 29.0. The van der Waals surface area contributed by atoms with Gasteiger partial charge in [0, 0.05) is 45.3 Å². The molecule has 0 aromatic carbocycles. The fraction of sp³-hybridized carbons (Fsp3) is 0.824. The van der Waals surface area contributed by atoms with E-state index in [9.17, 15) is 0 Å². The van der Waals surface area contributed by atoms with Crippen molar-refractivity contribution in [3.05, 3.63) is 11.3 Å². The first-order chi connectivity index (χ1) is 11.2. The van der Waals surface area contributed by atoms with Crippen LogP contribution in [0.25, 0.3) is 0 Å². The van der Waals surface area contributed by atoms with Crippen LogP contribution in [0.1, 0.15) is 24.1 Å². The Balaban J connectivity index is 1.52. The fourth-order valence-electron chi connectivity index (χ4n) is 4.58. The average Bonchev–Trinajstić information content (AvgIpc) is 3.24. The van der Waals surface area contributed by atoms with Crippen LogP contribution in [-0.2, 0) is 18.3 Å². The fourth-order valence-corrected chi connectivity index (χ4v) is 4.58. The molecule has 1 spiro atoms. The Morgan fingerprint density at radius 1 is 1.22 bits per heavy atom. The standard InChI is InChI=1S/C17H29N5O/c1-14-15(11-21-6-4-17(13-21)3-5-18-12-17)16(20(2)19-14)22-7-9-23-10-8-22/h18H,3-13H2,1-2H3. The molecule has 4 rings (SSSR count). The maximum absolute atomic E-state index is 5.52. The zero-order valence-electron chi connectivity index (χ0n) is 14.5. The quantitative estimate of drug-likeness (QED) is 0.891. The third-order valence-corrected chi connectivity index (χ3v) is 5.86. The molecule has 3 saturated heterocycles. The van der Waals surface area contributed by atoms with Crippen molar-refractivity contribution in [2.45, 2.75) is 26.3 Å². The van der Waals surface area contributed by atoms with E-state index in [1.165, 1.54) is 56.1 Å². The molecule has 6 nitrogen and oxygen atoms in total. The van der Waals surface area contributed by atoms with Gasteiger partial charge in [-0.25, -0.2) is 0 Å². The summed E-state index contributed by atoms with van der Waals surface area (Å²) in [5, 5.41) is 8.27. The van der Waals surface area contributed by atoms with Crippen molar-refractivity contribution in [3.63, 3.8) is 0 Å². The number of aryl methyl sites for hydroxylation is 2. The van der Waals surface area contributed by atoms with Gasteiger partial charge in [-0.3, -0.25) is 9.58 Å². The molecule has 0 radical (unpaired) electrons. The number of anilines is 1. The predicted molar refractivity (Wildman–Crippen MR) is 90.8 cm³/mol. The number of nitrogens with zero attached hydrogens (tertiary/aromatic N) is 4. The Labute approximate surface area is 138 Å². The number of ether oxygens (including phenoxy) is 1. The first-order valence-electron chi connectivity index (χ1n) is 8.95. The summed E-state index contributed by atoms with van der Waals surface area (Å²) in [6, 6.07) is 0. The van der Waals surface area contributed by atoms with Crippen molar-refractivity contribution in [2.75, 3.05) is 57.4 Å². The summed E-state index contributed by atoms with van der Waals surface area (Å²) in [5.74, 6) is 1.30. The van der Waals surface area contributed by atoms with Gasteiger partial charge in [-0.05, 0) is 38.3 Å². The minimum Gasteiger partial charge on any atom is -0.378 e. The van der Waals surface area contributed by atoms with Crippen molar-refractivity contribution in [1.82, 2.24) is 20.0 Å². The van der Waals surface area contributed by atoms with Crippen LogP contribution in [0, 0.1) is 12.3 Å². The smallest absolute Gasteiger partial charge is 0.131 e. The van der Waals surface area contributed by atoms with Gasteiger partial charge in [-0.15, -0.1) is 0 Å². The summed E-state index contributed by atoms with van der Waals surface area (Å²) in [6.07, 6.45) is 2.68. The van der Waals surface area contributed by atoms with E-state index in [4.69, 9.17) is 9.84 Å². The summed E-state index contributed by atoms with van der Waals surface area (Å²) in [4.78, 5) is 5.09. The molecule has 3 aliphatic rings. The maximum atomic E-state index is 5.52. The Morgan fingerprint density at radius 2 is 2.04 bits per heavy atom. The van der Waals surface area contributed by atoms with E-state index in [0.717, 1.165) is 32.8 Å². The van der Waals surface area contributed by atoms with Crippen molar-refractivity contribution in [3.8, 4) is 0 Å². The predicted octanol–water partition coefficient (Wildman–Crippen LogP) is 0.751. The molecule has 4 heterocycles. The van der Waals surface area contributed by atoms with Gasteiger partial charge in [-0.1, -0.05) is 0 Å². The molecule has 0 bridgehead atoms. The number of hydrogen-bond acceptors (Lipinski definition) is 5. The monoisotopic (exact) mass is 319 g/mol. The van der Waals surface area contributed by atoms with Gasteiger partial charge >= 0.3 is 0 Å². The molecule has 1 aromatic rings. The van der Waals surface area contributed by atoms with Gasteiger partial charge in [0.25, 0.3) is 0 Å². The molecule has 0 amide bonds.